The Morgan fingerprint density at radius 2 is 1.96 bits per heavy atom. The van der Waals surface area contributed by atoms with Gasteiger partial charge in [0.25, 0.3) is 0 Å². The SMILES string of the molecule is COc1cc(/C=C2\N=C(c3ccc(F)cc3)OC2=O)cc(I)c1OCC(C)C. The fourth-order valence-electron chi connectivity index (χ4n) is 2.50. The number of ether oxygens (including phenoxy) is 3. The lowest BCUT2D eigenvalue weighted by Crippen LogP contribution is -2.07. The number of nitrogens with zero attached hydrogens (tertiary/aromatic N) is 1. The number of carbonyl (C=O) groups is 1. The van der Waals surface area contributed by atoms with Crippen LogP contribution in [0.25, 0.3) is 6.08 Å². The third-order valence-electron chi connectivity index (χ3n) is 3.83. The average Bonchev–Trinajstić information content (AvgIpc) is 3.01. The molecule has 5 nitrogen and oxygen atoms in total. The van der Waals surface area contributed by atoms with Crippen molar-refractivity contribution >= 4 is 40.5 Å². The zero-order valence-corrected chi connectivity index (χ0v) is 17.8. The predicted molar refractivity (Wildman–Crippen MR) is 113 cm³/mol. The van der Waals surface area contributed by atoms with Crippen LogP contribution < -0.4 is 9.47 Å². The molecule has 0 atom stereocenters. The first-order chi connectivity index (χ1) is 13.4. The van der Waals surface area contributed by atoms with E-state index in [2.05, 4.69) is 41.4 Å². The van der Waals surface area contributed by atoms with Gasteiger partial charge in [-0.15, -0.1) is 0 Å². The predicted octanol–water partition coefficient (Wildman–Crippen LogP) is 4.82. The van der Waals surface area contributed by atoms with Crippen molar-refractivity contribution in [1.82, 2.24) is 0 Å². The summed E-state index contributed by atoms with van der Waals surface area (Å²) in [6.45, 7) is 4.71. The largest absolute Gasteiger partial charge is 0.493 e. The Balaban J connectivity index is 1.91. The van der Waals surface area contributed by atoms with E-state index >= 15 is 0 Å². The molecule has 0 fully saturated rings. The smallest absolute Gasteiger partial charge is 0.363 e. The molecule has 0 aromatic heterocycles. The molecule has 0 spiro atoms. The van der Waals surface area contributed by atoms with Crippen LogP contribution in [0.5, 0.6) is 11.5 Å². The number of methoxy groups -OCH3 is 1. The molecular formula is C21H19FINO4. The van der Waals surface area contributed by atoms with E-state index in [0.29, 0.717) is 29.6 Å². The normalized spacial score (nSPS) is 15.0. The summed E-state index contributed by atoms with van der Waals surface area (Å²) < 4.78 is 30.4. The minimum absolute atomic E-state index is 0.148. The molecule has 0 aliphatic carbocycles. The van der Waals surface area contributed by atoms with Crippen LogP contribution in [-0.4, -0.2) is 25.6 Å². The standard InChI is InChI=1S/C21H19FINO4/c1-12(2)11-27-19-16(23)8-13(10-18(19)26-3)9-17-21(25)28-20(24-17)14-4-6-15(22)7-5-14/h4-10,12H,11H2,1-3H3/b17-9-. The molecule has 3 rings (SSSR count). The first-order valence-corrected chi connectivity index (χ1v) is 9.74. The van der Waals surface area contributed by atoms with Gasteiger partial charge in [-0.2, -0.15) is 0 Å². The second-order valence-corrected chi connectivity index (χ2v) is 7.74. The maximum absolute atomic E-state index is 13.1. The van der Waals surface area contributed by atoms with E-state index in [1.807, 2.05) is 6.07 Å². The first kappa shape index (κ1) is 20.3. The molecule has 1 aliphatic heterocycles. The topological polar surface area (TPSA) is 57.1 Å². The first-order valence-electron chi connectivity index (χ1n) is 8.66. The van der Waals surface area contributed by atoms with Crippen LogP contribution >= 0.6 is 22.6 Å². The van der Waals surface area contributed by atoms with Crippen LogP contribution in [0.4, 0.5) is 4.39 Å². The molecule has 28 heavy (non-hydrogen) atoms. The second kappa shape index (κ2) is 8.72. The molecule has 1 aliphatic rings. The lowest BCUT2D eigenvalue weighted by molar-refractivity contribution is -0.129. The van der Waals surface area contributed by atoms with Gasteiger partial charge in [0.1, 0.15) is 5.82 Å². The van der Waals surface area contributed by atoms with E-state index < -0.39 is 5.97 Å². The van der Waals surface area contributed by atoms with Crippen molar-refractivity contribution in [3.63, 3.8) is 0 Å². The van der Waals surface area contributed by atoms with Crippen molar-refractivity contribution in [1.29, 1.82) is 0 Å². The van der Waals surface area contributed by atoms with Gasteiger partial charge < -0.3 is 14.2 Å². The molecular weight excluding hydrogens is 476 g/mol. The van der Waals surface area contributed by atoms with Crippen molar-refractivity contribution < 1.29 is 23.4 Å². The van der Waals surface area contributed by atoms with Gasteiger partial charge in [0.15, 0.2) is 17.2 Å². The van der Waals surface area contributed by atoms with E-state index in [0.717, 1.165) is 9.13 Å². The number of rotatable bonds is 6. The number of halogens is 2. The zero-order valence-electron chi connectivity index (χ0n) is 15.7. The number of carbonyl (C=O) groups excluding carboxylic acids is 1. The fourth-order valence-corrected chi connectivity index (χ4v) is 3.28. The van der Waals surface area contributed by atoms with Gasteiger partial charge in [-0.3, -0.25) is 0 Å². The molecule has 0 amide bonds. The highest BCUT2D eigenvalue weighted by molar-refractivity contribution is 14.1. The zero-order chi connectivity index (χ0) is 20.3. The molecule has 0 N–H and O–H groups in total. The van der Waals surface area contributed by atoms with Crippen molar-refractivity contribution in [2.75, 3.05) is 13.7 Å². The Morgan fingerprint density at radius 3 is 2.61 bits per heavy atom. The lowest BCUT2D eigenvalue weighted by Gasteiger charge is -2.15. The molecule has 146 valence electrons. The summed E-state index contributed by atoms with van der Waals surface area (Å²) in [5, 5.41) is 0. The Kier molecular flexibility index (Phi) is 6.33. The number of esters is 1. The van der Waals surface area contributed by atoms with Crippen molar-refractivity contribution in [3.8, 4) is 11.5 Å². The molecule has 0 saturated heterocycles. The van der Waals surface area contributed by atoms with Crippen LogP contribution in [0.15, 0.2) is 47.1 Å². The quantitative estimate of drug-likeness (QED) is 0.328. The number of aliphatic imine (C=N–C) groups is 1. The second-order valence-electron chi connectivity index (χ2n) is 6.58. The highest BCUT2D eigenvalue weighted by Gasteiger charge is 2.24. The van der Waals surface area contributed by atoms with E-state index in [4.69, 9.17) is 14.2 Å². The summed E-state index contributed by atoms with van der Waals surface area (Å²) >= 11 is 2.17. The van der Waals surface area contributed by atoms with Crippen molar-refractivity contribution in [2.24, 2.45) is 10.9 Å². The minimum atomic E-state index is -0.562. The number of benzene rings is 2. The maximum atomic E-state index is 13.1. The maximum Gasteiger partial charge on any atom is 0.363 e. The highest BCUT2D eigenvalue weighted by Crippen LogP contribution is 2.35. The molecule has 2 aromatic rings. The van der Waals surface area contributed by atoms with Gasteiger partial charge in [0.2, 0.25) is 5.90 Å². The molecule has 2 aromatic carbocycles. The number of hydrogen-bond donors (Lipinski definition) is 0. The van der Waals surface area contributed by atoms with Crippen LogP contribution in [0.1, 0.15) is 25.0 Å². The van der Waals surface area contributed by atoms with Gasteiger partial charge in [-0.05, 0) is 76.5 Å². The van der Waals surface area contributed by atoms with Gasteiger partial charge in [-0.1, -0.05) is 13.8 Å². The average molecular weight is 495 g/mol. The van der Waals surface area contributed by atoms with Crippen LogP contribution in [-0.2, 0) is 9.53 Å². The van der Waals surface area contributed by atoms with Gasteiger partial charge in [0.05, 0.1) is 17.3 Å². The van der Waals surface area contributed by atoms with Gasteiger partial charge in [-0.25, -0.2) is 14.2 Å². The van der Waals surface area contributed by atoms with Crippen molar-refractivity contribution in [2.45, 2.75) is 13.8 Å². The molecule has 0 saturated carbocycles. The van der Waals surface area contributed by atoms with E-state index in [1.54, 1.807) is 19.3 Å². The Bertz CT molecular complexity index is 952. The van der Waals surface area contributed by atoms with Crippen LogP contribution in [0.3, 0.4) is 0 Å². The highest BCUT2D eigenvalue weighted by atomic mass is 127. The minimum Gasteiger partial charge on any atom is -0.493 e. The summed E-state index contributed by atoms with van der Waals surface area (Å²) in [6.07, 6.45) is 1.62. The van der Waals surface area contributed by atoms with Crippen molar-refractivity contribution in [3.05, 3.63) is 62.6 Å². The molecule has 0 unspecified atom stereocenters. The molecule has 0 bridgehead atoms. The summed E-state index contributed by atoms with van der Waals surface area (Å²) in [5.74, 6) is 0.848. The van der Waals surface area contributed by atoms with Crippen LogP contribution in [0.2, 0.25) is 0 Å². The van der Waals surface area contributed by atoms with E-state index in [9.17, 15) is 9.18 Å². The summed E-state index contributed by atoms with van der Waals surface area (Å²) in [6, 6.07) is 9.26. The summed E-state index contributed by atoms with van der Waals surface area (Å²) in [7, 11) is 1.57. The lowest BCUT2D eigenvalue weighted by atomic mass is 10.1. The molecule has 7 heteroatoms. The third-order valence-corrected chi connectivity index (χ3v) is 4.63. The van der Waals surface area contributed by atoms with Crippen LogP contribution in [0, 0.1) is 15.3 Å². The monoisotopic (exact) mass is 495 g/mol. The van der Waals surface area contributed by atoms with E-state index in [-0.39, 0.29) is 17.4 Å². The van der Waals surface area contributed by atoms with E-state index in [1.165, 1.54) is 24.3 Å². The third kappa shape index (κ3) is 4.70. The van der Waals surface area contributed by atoms with Gasteiger partial charge in [0, 0.05) is 5.56 Å². The fraction of sp³-hybridized carbons (Fsp3) is 0.238. The molecule has 1 heterocycles. The summed E-state index contributed by atoms with van der Waals surface area (Å²) in [5.41, 5.74) is 1.42. The summed E-state index contributed by atoms with van der Waals surface area (Å²) in [4.78, 5) is 16.4. The number of cyclic esters (lactones) is 1. The Labute approximate surface area is 176 Å². The Morgan fingerprint density at radius 1 is 1.25 bits per heavy atom. The number of hydrogen-bond acceptors (Lipinski definition) is 5. The molecule has 0 radical (unpaired) electrons. The van der Waals surface area contributed by atoms with Gasteiger partial charge >= 0.3 is 5.97 Å². The Hall–Kier alpha value is -2.42.